The molecule has 0 saturated heterocycles. The van der Waals surface area contributed by atoms with Crippen LogP contribution in [0.2, 0.25) is 0 Å². The largest absolute Gasteiger partial charge is 0.437 e. The number of hydrogen-bond acceptors (Lipinski definition) is 4. The Morgan fingerprint density at radius 1 is 1.15 bits per heavy atom. The van der Waals surface area contributed by atoms with Gasteiger partial charge in [0.1, 0.15) is 11.6 Å². The Kier molecular flexibility index (Phi) is 6.42. The van der Waals surface area contributed by atoms with Crippen molar-refractivity contribution in [3.05, 3.63) is 56.2 Å². The first-order chi connectivity index (χ1) is 12.5. The van der Waals surface area contributed by atoms with Gasteiger partial charge in [-0.15, -0.1) is 11.3 Å². The number of rotatable bonds is 6. The molecule has 0 aliphatic carbocycles. The van der Waals surface area contributed by atoms with Gasteiger partial charge in [0.2, 0.25) is 0 Å². The second-order valence-electron chi connectivity index (χ2n) is 7.12. The molecule has 1 aromatic carbocycles. The number of carbonyl (C=O) groups excluding carboxylic acids is 2. The summed E-state index contributed by atoms with van der Waals surface area (Å²) >= 11 is 4.72. The minimum absolute atomic E-state index is 0.0268. The Hall–Kier alpha value is -1.80. The van der Waals surface area contributed by atoms with Crippen LogP contribution in [-0.4, -0.2) is 11.9 Å². The average molecular weight is 460 g/mol. The summed E-state index contributed by atoms with van der Waals surface area (Å²) in [5.41, 5.74) is 2.85. The minimum atomic E-state index is -1.23. The smallest absolute Gasteiger partial charge is 0.405 e. The summed E-state index contributed by atoms with van der Waals surface area (Å²) in [6.45, 7) is 5.53. The van der Waals surface area contributed by atoms with E-state index in [1.807, 2.05) is 20.8 Å². The van der Waals surface area contributed by atoms with Crippen LogP contribution < -0.4 is 5.73 Å². The van der Waals surface area contributed by atoms with Gasteiger partial charge in [-0.05, 0) is 40.2 Å². The molecule has 1 amide bonds. The van der Waals surface area contributed by atoms with Crippen LogP contribution >= 0.6 is 27.3 Å². The first kappa shape index (κ1) is 21.5. The zero-order valence-electron chi connectivity index (χ0n) is 15.1. The van der Waals surface area contributed by atoms with Crippen molar-refractivity contribution in [3.63, 3.8) is 0 Å². The summed E-state index contributed by atoms with van der Waals surface area (Å²) in [6.07, 6.45) is -1.18. The van der Waals surface area contributed by atoms with Gasteiger partial charge in [0.25, 0.3) is 0 Å². The van der Waals surface area contributed by atoms with Gasteiger partial charge in [0, 0.05) is 23.1 Å². The van der Waals surface area contributed by atoms with Crippen molar-refractivity contribution in [3.8, 4) is 0 Å². The maximum atomic E-state index is 13.9. The van der Waals surface area contributed by atoms with E-state index < -0.39 is 40.1 Å². The molecule has 1 unspecified atom stereocenters. The third-order valence-electron chi connectivity index (χ3n) is 4.40. The number of carbonyl (C=O) groups is 2. The number of ether oxygens (including phenoxy) is 1. The van der Waals surface area contributed by atoms with Crippen molar-refractivity contribution in [2.75, 3.05) is 0 Å². The predicted molar refractivity (Wildman–Crippen MR) is 104 cm³/mol. The average Bonchev–Trinajstić information content (AvgIpc) is 2.96. The second kappa shape index (κ2) is 8.06. The highest BCUT2D eigenvalue weighted by Gasteiger charge is 2.48. The SMILES string of the molecule is CC(C)(C)C(CCC(=O)c1c(F)cccc1F)(OC(N)=O)c1ccc(Br)s1. The fourth-order valence-electron chi connectivity index (χ4n) is 3.00. The third kappa shape index (κ3) is 4.55. The Morgan fingerprint density at radius 2 is 1.74 bits per heavy atom. The maximum absolute atomic E-state index is 13.9. The number of hydrogen-bond donors (Lipinski definition) is 1. The lowest BCUT2D eigenvalue weighted by Gasteiger charge is -2.43. The fourth-order valence-corrected chi connectivity index (χ4v) is 4.76. The van der Waals surface area contributed by atoms with Gasteiger partial charge in [0.05, 0.1) is 9.35 Å². The van der Waals surface area contributed by atoms with Crippen LogP contribution in [0.3, 0.4) is 0 Å². The molecule has 0 spiro atoms. The molecule has 146 valence electrons. The van der Waals surface area contributed by atoms with E-state index in [4.69, 9.17) is 10.5 Å². The first-order valence-corrected chi connectivity index (χ1v) is 9.80. The maximum Gasteiger partial charge on any atom is 0.405 e. The highest BCUT2D eigenvalue weighted by atomic mass is 79.9. The molecule has 2 N–H and O–H groups in total. The normalized spacial score (nSPS) is 13.9. The van der Waals surface area contributed by atoms with E-state index in [9.17, 15) is 18.4 Å². The quantitative estimate of drug-likeness (QED) is 0.555. The van der Waals surface area contributed by atoms with Crippen LogP contribution in [0.4, 0.5) is 13.6 Å². The van der Waals surface area contributed by atoms with Crippen LogP contribution in [0.25, 0.3) is 0 Å². The van der Waals surface area contributed by atoms with E-state index in [-0.39, 0.29) is 12.8 Å². The first-order valence-electron chi connectivity index (χ1n) is 8.19. The number of nitrogens with two attached hydrogens (primary N) is 1. The van der Waals surface area contributed by atoms with Crippen molar-refractivity contribution >= 4 is 39.1 Å². The molecule has 2 rings (SSSR count). The van der Waals surface area contributed by atoms with Crippen molar-refractivity contribution in [2.45, 2.75) is 39.2 Å². The molecule has 0 radical (unpaired) electrons. The van der Waals surface area contributed by atoms with E-state index in [1.165, 1.54) is 17.4 Å². The van der Waals surface area contributed by atoms with Gasteiger partial charge >= 0.3 is 6.09 Å². The van der Waals surface area contributed by atoms with Gasteiger partial charge in [-0.2, -0.15) is 0 Å². The predicted octanol–water partition coefficient (Wildman–Crippen LogP) is 5.79. The number of ketones is 1. The van der Waals surface area contributed by atoms with Crippen LogP contribution in [0, 0.1) is 17.0 Å². The molecule has 0 fully saturated rings. The highest BCUT2D eigenvalue weighted by molar-refractivity contribution is 9.11. The van der Waals surface area contributed by atoms with E-state index in [0.717, 1.165) is 15.9 Å². The molecule has 4 nitrogen and oxygen atoms in total. The Labute approximate surface area is 168 Å². The number of Topliss-reactive ketones (excluding diaryl/α,β-unsaturated/α-hetero) is 1. The molecule has 2 aromatic rings. The summed E-state index contributed by atoms with van der Waals surface area (Å²) < 4.78 is 34.2. The van der Waals surface area contributed by atoms with Gasteiger partial charge in [-0.25, -0.2) is 13.6 Å². The number of primary amides is 1. The van der Waals surface area contributed by atoms with Gasteiger partial charge in [-0.3, -0.25) is 4.79 Å². The van der Waals surface area contributed by atoms with Gasteiger partial charge in [-0.1, -0.05) is 26.8 Å². The molecule has 0 saturated carbocycles. The number of amides is 1. The van der Waals surface area contributed by atoms with Crippen LogP contribution in [0.1, 0.15) is 48.8 Å². The molecule has 0 aliphatic heterocycles. The third-order valence-corrected chi connectivity index (χ3v) is 6.17. The second-order valence-corrected chi connectivity index (χ2v) is 9.58. The standard InChI is InChI=1S/C19H20BrF2NO3S/c1-18(2,3)19(26-17(23)25,14-7-8-15(20)27-14)10-9-13(24)16-11(21)5-4-6-12(16)22/h4-8H,9-10H2,1-3H3,(H2,23,25). The lowest BCUT2D eigenvalue weighted by molar-refractivity contribution is -0.0744. The number of halogens is 3. The van der Waals surface area contributed by atoms with Crippen LogP contribution in [-0.2, 0) is 10.3 Å². The van der Waals surface area contributed by atoms with E-state index >= 15 is 0 Å². The monoisotopic (exact) mass is 459 g/mol. The van der Waals surface area contributed by atoms with Crippen molar-refractivity contribution < 1.29 is 23.1 Å². The van der Waals surface area contributed by atoms with Crippen LogP contribution in [0.15, 0.2) is 34.1 Å². The summed E-state index contributed by atoms with van der Waals surface area (Å²) in [5.74, 6) is -2.55. The summed E-state index contributed by atoms with van der Waals surface area (Å²) in [6, 6.07) is 6.83. The van der Waals surface area contributed by atoms with Crippen molar-refractivity contribution in [1.29, 1.82) is 0 Å². The number of thiophene rings is 1. The molecule has 8 heteroatoms. The summed E-state index contributed by atoms with van der Waals surface area (Å²) in [5, 5.41) is 0. The molecule has 1 heterocycles. The lowest BCUT2D eigenvalue weighted by Crippen LogP contribution is -2.45. The van der Waals surface area contributed by atoms with Gasteiger partial charge in [0.15, 0.2) is 11.4 Å². The molecule has 0 aliphatic rings. The lowest BCUT2D eigenvalue weighted by atomic mass is 9.72. The summed E-state index contributed by atoms with van der Waals surface area (Å²) in [4.78, 5) is 24.9. The van der Waals surface area contributed by atoms with Crippen molar-refractivity contribution in [2.24, 2.45) is 11.1 Å². The molecule has 1 atom stereocenters. The van der Waals surface area contributed by atoms with Gasteiger partial charge < -0.3 is 10.5 Å². The zero-order valence-corrected chi connectivity index (χ0v) is 17.5. The van der Waals surface area contributed by atoms with E-state index in [2.05, 4.69) is 15.9 Å². The molecular formula is C19H20BrF2NO3S. The number of benzene rings is 1. The van der Waals surface area contributed by atoms with E-state index in [1.54, 1.807) is 12.1 Å². The Morgan fingerprint density at radius 3 is 2.19 bits per heavy atom. The Balaban J connectivity index is 2.43. The molecule has 1 aromatic heterocycles. The molecule has 0 bridgehead atoms. The van der Waals surface area contributed by atoms with E-state index in [0.29, 0.717) is 4.88 Å². The zero-order chi connectivity index (χ0) is 20.4. The highest BCUT2D eigenvalue weighted by Crippen LogP contribution is 2.49. The topological polar surface area (TPSA) is 69.4 Å². The van der Waals surface area contributed by atoms with Crippen LogP contribution in [0.5, 0.6) is 0 Å². The Bertz CT molecular complexity index is 843. The minimum Gasteiger partial charge on any atom is -0.437 e. The fraction of sp³-hybridized carbons (Fsp3) is 0.368. The van der Waals surface area contributed by atoms with Crippen molar-refractivity contribution in [1.82, 2.24) is 0 Å². The molecular weight excluding hydrogens is 440 g/mol. The summed E-state index contributed by atoms with van der Waals surface area (Å²) in [7, 11) is 0. The molecule has 27 heavy (non-hydrogen) atoms.